The van der Waals surface area contributed by atoms with Crippen molar-refractivity contribution in [2.45, 2.75) is 13.5 Å². The van der Waals surface area contributed by atoms with Crippen molar-refractivity contribution in [3.63, 3.8) is 0 Å². The zero-order valence-corrected chi connectivity index (χ0v) is 12.5. The van der Waals surface area contributed by atoms with Crippen molar-refractivity contribution in [3.05, 3.63) is 60.0 Å². The molecule has 2 aromatic carbocycles. The van der Waals surface area contributed by atoms with E-state index in [0.717, 1.165) is 17.0 Å². The molecule has 0 aliphatic rings. The molecule has 5 heteroatoms. The van der Waals surface area contributed by atoms with Gasteiger partial charge in [-0.2, -0.15) is 0 Å². The first-order valence-corrected chi connectivity index (χ1v) is 7.02. The Balaban J connectivity index is 1.69. The lowest BCUT2D eigenvalue weighted by Gasteiger charge is -2.06. The van der Waals surface area contributed by atoms with Crippen LogP contribution in [0.4, 0.5) is 5.69 Å². The van der Waals surface area contributed by atoms with Crippen molar-refractivity contribution in [1.29, 1.82) is 0 Å². The first-order chi connectivity index (χ1) is 10.8. The summed E-state index contributed by atoms with van der Waals surface area (Å²) in [6.07, 6.45) is 0. The average molecular weight is 295 g/mol. The highest BCUT2D eigenvalue weighted by Crippen LogP contribution is 2.21. The molecule has 22 heavy (non-hydrogen) atoms. The first kappa shape index (κ1) is 14.1. The highest BCUT2D eigenvalue weighted by atomic mass is 16.5. The van der Waals surface area contributed by atoms with Gasteiger partial charge in [0.15, 0.2) is 0 Å². The molecule has 0 bridgehead atoms. The molecule has 1 N–H and O–H groups in total. The number of anilines is 1. The van der Waals surface area contributed by atoms with Crippen LogP contribution in [0.1, 0.15) is 11.5 Å². The highest BCUT2D eigenvalue weighted by Gasteiger charge is 2.08. The molecule has 0 saturated heterocycles. The number of nitrogens with zero attached hydrogens (tertiary/aromatic N) is 2. The predicted octanol–water partition coefficient (Wildman–Crippen LogP) is 3.67. The van der Waals surface area contributed by atoms with Crippen molar-refractivity contribution >= 4 is 5.69 Å². The molecular formula is C17H17N3O2. The van der Waals surface area contributed by atoms with Gasteiger partial charge in [0.2, 0.25) is 11.8 Å². The van der Waals surface area contributed by atoms with Crippen LogP contribution in [0.25, 0.3) is 11.5 Å². The third-order valence-corrected chi connectivity index (χ3v) is 3.38. The van der Waals surface area contributed by atoms with Crippen LogP contribution in [0.2, 0.25) is 0 Å². The minimum atomic E-state index is 0.494. The van der Waals surface area contributed by atoms with E-state index in [4.69, 9.17) is 9.15 Å². The Morgan fingerprint density at radius 2 is 1.82 bits per heavy atom. The summed E-state index contributed by atoms with van der Waals surface area (Å²) in [5.41, 5.74) is 3.11. The fourth-order valence-electron chi connectivity index (χ4n) is 2.12. The molecule has 0 unspecified atom stereocenters. The van der Waals surface area contributed by atoms with Gasteiger partial charge in [-0.15, -0.1) is 10.2 Å². The number of rotatable bonds is 5. The van der Waals surface area contributed by atoms with E-state index in [-0.39, 0.29) is 0 Å². The highest BCUT2D eigenvalue weighted by molar-refractivity contribution is 5.54. The lowest BCUT2D eigenvalue weighted by atomic mass is 10.2. The van der Waals surface area contributed by atoms with Gasteiger partial charge < -0.3 is 14.5 Å². The van der Waals surface area contributed by atoms with Gasteiger partial charge in [-0.25, -0.2) is 0 Å². The molecule has 0 aliphatic heterocycles. The van der Waals surface area contributed by atoms with Crippen LogP contribution < -0.4 is 10.1 Å². The minimum Gasteiger partial charge on any atom is -0.497 e. The van der Waals surface area contributed by atoms with Gasteiger partial charge in [0.25, 0.3) is 0 Å². The lowest BCUT2D eigenvalue weighted by molar-refractivity contribution is 0.415. The van der Waals surface area contributed by atoms with Crippen LogP contribution in [0.3, 0.4) is 0 Å². The molecule has 0 atom stereocenters. The summed E-state index contributed by atoms with van der Waals surface area (Å²) in [6.45, 7) is 2.55. The second kappa shape index (κ2) is 6.30. The number of nitrogens with one attached hydrogen (secondary N) is 1. The summed E-state index contributed by atoms with van der Waals surface area (Å²) < 4.78 is 10.8. The number of aromatic nitrogens is 2. The van der Waals surface area contributed by atoms with Gasteiger partial charge in [0, 0.05) is 11.3 Å². The van der Waals surface area contributed by atoms with Gasteiger partial charge >= 0.3 is 0 Å². The van der Waals surface area contributed by atoms with Crippen molar-refractivity contribution in [2.75, 3.05) is 12.4 Å². The topological polar surface area (TPSA) is 60.2 Å². The third kappa shape index (κ3) is 3.09. The number of hydrogen-bond donors (Lipinski definition) is 1. The van der Waals surface area contributed by atoms with Gasteiger partial charge in [0.05, 0.1) is 13.7 Å². The number of benzene rings is 2. The van der Waals surface area contributed by atoms with E-state index < -0.39 is 0 Å². The summed E-state index contributed by atoms with van der Waals surface area (Å²) in [5.74, 6) is 1.85. The van der Waals surface area contributed by atoms with E-state index in [0.29, 0.717) is 18.3 Å². The SMILES string of the molecule is COc1ccc(-c2nnc(CNc3ccccc3C)o2)cc1. The van der Waals surface area contributed by atoms with Crippen LogP contribution in [-0.4, -0.2) is 17.3 Å². The smallest absolute Gasteiger partial charge is 0.247 e. The third-order valence-electron chi connectivity index (χ3n) is 3.38. The number of aryl methyl sites for hydroxylation is 1. The average Bonchev–Trinajstić information content (AvgIpc) is 3.03. The van der Waals surface area contributed by atoms with Crippen LogP contribution in [0, 0.1) is 6.92 Å². The number of ether oxygens (including phenoxy) is 1. The van der Waals surface area contributed by atoms with E-state index in [1.807, 2.05) is 42.5 Å². The fourth-order valence-corrected chi connectivity index (χ4v) is 2.12. The van der Waals surface area contributed by atoms with Crippen molar-refractivity contribution in [3.8, 4) is 17.2 Å². The molecule has 0 aliphatic carbocycles. The van der Waals surface area contributed by atoms with Gasteiger partial charge in [-0.1, -0.05) is 18.2 Å². The number of para-hydroxylation sites is 1. The maximum absolute atomic E-state index is 5.68. The molecule has 112 valence electrons. The summed E-state index contributed by atoms with van der Waals surface area (Å²) in [7, 11) is 1.64. The Morgan fingerprint density at radius 1 is 1.05 bits per heavy atom. The van der Waals surface area contributed by atoms with E-state index in [2.05, 4.69) is 28.5 Å². The normalized spacial score (nSPS) is 10.5. The van der Waals surface area contributed by atoms with Gasteiger partial charge in [0.1, 0.15) is 5.75 Å². The van der Waals surface area contributed by atoms with Crippen molar-refractivity contribution in [1.82, 2.24) is 10.2 Å². The zero-order chi connectivity index (χ0) is 15.4. The van der Waals surface area contributed by atoms with E-state index >= 15 is 0 Å². The maximum Gasteiger partial charge on any atom is 0.247 e. The molecular weight excluding hydrogens is 278 g/mol. The second-order valence-electron chi connectivity index (χ2n) is 4.90. The quantitative estimate of drug-likeness (QED) is 0.778. The van der Waals surface area contributed by atoms with E-state index in [9.17, 15) is 0 Å². The predicted molar refractivity (Wildman–Crippen MR) is 84.8 cm³/mol. The fraction of sp³-hybridized carbons (Fsp3) is 0.176. The molecule has 0 radical (unpaired) electrons. The van der Waals surface area contributed by atoms with Crippen LogP contribution >= 0.6 is 0 Å². The Bertz CT molecular complexity index is 751. The Hall–Kier alpha value is -2.82. The number of hydrogen-bond acceptors (Lipinski definition) is 5. The molecule has 3 rings (SSSR count). The Morgan fingerprint density at radius 3 is 2.55 bits per heavy atom. The molecule has 0 amide bonds. The summed E-state index contributed by atoms with van der Waals surface area (Å²) in [4.78, 5) is 0. The first-order valence-electron chi connectivity index (χ1n) is 7.02. The van der Waals surface area contributed by atoms with Crippen molar-refractivity contribution in [2.24, 2.45) is 0 Å². The molecule has 5 nitrogen and oxygen atoms in total. The van der Waals surface area contributed by atoms with Crippen molar-refractivity contribution < 1.29 is 9.15 Å². The molecule has 0 saturated carbocycles. The summed E-state index contributed by atoms with van der Waals surface area (Å²) in [5, 5.41) is 11.4. The van der Waals surface area contributed by atoms with Crippen LogP contribution in [-0.2, 0) is 6.54 Å². The standard InChI is InChI=1S/C17H17N3O2/c1-12-5-3-4-6-15(12)18-11-16-19-20-17(22-16)13-7-9-14(21-2)10-8-13/h3-10,18H,11H2,1-2H3. The lowest BCUT2D eigenvalue weighted by Crippen LogP contribution is -2.00. The maximum atomic E-state index is 5.68. The monoisotopic (exact) mass is 295 g/mol. The Kier molecular flexibility index (Phi) is 4.05. The molecule has 1 aromatic heterocycles. The molecule has 0 spiro atoms. The molecule has 0 fully saturated rings. The molecule has 3 aromatic rings. The Labute approximate surface area is 129 Å². The van der Waals surface area contributed by atoms with Crippen LogP contribution in [0.5, 0.6) is 5.75 Å². The zero-order valence-electron chi connectivity index (χ0n) is 12.5. The second-order valence-corrected chi connectivity index (χ2v) is 4.90. The van der Waals surface area contributed by atoms with Gasteiger partial charge in [-0.05, 0) is 42.8 Å². The largest absolute Gasteiger partial charge is 0.497 e. The van der Waals surface area contributed by atoms with Crippen LogP contribution in [0.15, 0.2) is 52.9 Å². The molecule has 1 heterocycles. The minimum absolute atomic E-state index is 0.494. The van der Waals surface area contributed by atoms with Gasteiger partial charge in [-0.3, -0.25) is 0 Å². The summed E-state index contributed by atoms with van der Waals surface area (Å²) >= 11 is 0. The number of methoxy groups -OCH3 is 1. The van der Waals surface area contributed by atoms with E-state index in [1.54, 1.807) is 7.11 Å². The van der Waals surface area contributed by atoms with E-state index in [1.165, 1.54) is 5.56 Å². The summed E-state index contributed by atoms with van der Waals surface area (Å²) in [6, 6.07) is 15.6.